The molecule has 1 aliphatic heterocycles. The van der Waals surface area contributed by atoms with Gasteiger partial charge in [0.1, 0.15) is 0 Å². The topological polar surface area (TPSA) is 41.1 Å². The summed E-state index contributed by atoms with van der Waals surface area (Å²) in [4.78, 5) is 12.0. The van der Waals surface area contributed by atoms with Crippen LogP contribution in [0, 0.1) is 0 Å². The summed E-state index contributed by atoms with van der Waals surface area (Å²) in [6, 6.07) is 7.58. The molecule has 0 atom stereocenters. The first-order chi connectivity index (χ1) is 7.76. The maximum Gasteiger partial charge on any atom is 0.257 e. The second-order valence-corrected chi connectivity index (χ2v) is 3.79. The average Bonchev–Trinajstić information content (AvgIpc) is 2.46. The second kappa shape index (κ2) is 4.39. The number of benzene rings is 1. The molecule has 2 rings (SSSR count). The minimum atomic E-state index is -0.0246. The number of fused-ring (bicyclic) bond motifs is 1. The Morgan fingerprint density at radius 3 is 2.31 bits per heavy atom. The van der Waals surface area contributed by atoms with E-state index < -0.39 is 0 Å². The van der Waals surface area contributed by atoms with Crippen molar-refractivity contribution in [2.75, 3.05) is 5.32 Å². The molecule has 0 radical (unpaired) electrons. The van der Waals surface area contributed by atoms with E-state index in [0.717, 1.165) is 29.9 Å². The Bertz CT molecular complexity index is 449. The zero-order valence-electron chi connectivity index (χ0n) is 9.63. The molecule has 0 unspecified atom stereocenters. The highest BCUT2D eigenvalue weighted by molar-refractivity contribution is 6.01. The summed E-state index contributed by atoms with van der Waals surface area (Å²) < 4.78 is 0. The lowest BCUT2D eigenvalue weighted by Crippen LogP contribution is -2.22. The van der Waals surface area contributed by atoms with E-state index in [4.69, 9.17) is 0 Å². The van der Waals surface area contributed by atoms with Crippen LogP contribution < -0.4 is 10.6 Å². The fraction of sp³-hybridized carbons (Fsp3) is 0.308. The Morgan fingerprint density at radius 2 is 1.62 bits per heavy atom. The maximum atomic E-state index is 12.0. The first-order valence-electron chi connectivity index (χ1n) is 5.65. The lowest BCUT2D eigenvalue weighted by atomic mass is 10.1. The number of allylic oxidation sites excluding steroid dienone is 2. The molecule has 16 heavy (non-hydrogen) atoms. The molecule has 84 valence electrons. The third-order valence-corrected chi connectivity index (χ3v) is 2.79. The first-order valence-corrected chi connectivity index (χ1v) is 5.65. The van der Waals surface area contributed by atoms with Crippen LogP contribution in [0.1, 0.15) is 37.0 Å². The number of para-hydroxylation sites is 1. The van der Waals surface area contributed by atoms with Gasteiger partial charge in [-0.1, -0.05) is 26.0 Å². The number of rotatable bonds is 2. The Labute approximate surface area is 95.6 Å². The summed E-state index contributed by atoms with van der Waals surface area (Å²) in [6.07, 6.45) is 1.72. The summed E-state index contributed by atoms with van der Waals surface area (Å²) in [5.74, 6) is -0.0246. The van der Waals surface area contributed by atoms with E-state index in [0.29, 0.717) is 5.56 Å². The van der Waals surface area contributed by atoms with E-state index in [-0.39, 0.29) is 5.91 Å². The smallest absolute Gasteiger partial charge is 0.257 e. The van der Waals surface area contributed by atoms with E-state index in [1.165, 1.54) is 0 Å². The van der Waals surface area contributed by atoms with Gasteiger partial charge in [-0.3, -0.25) is 4.79 Å². The van der Waals surface area contributed by atoms with Gasteiger partial charge >= 0.3 is 0 Å². The van der Waals surface area contributed by atoms with Gasteiger partial charge in [-0.15, -0.1) is 0 Å². The molecule has 1 aromatic rings. The van der Waals surface area contributed by atoms with Gasteiger partial charge in [0.05, 0.1) is 11.3 Å². The molecular weight excluding hydrogens is 200 g/mol. The molecule has 2 N–H and O–H groups in total. The molecule has 0 aliphatic carbocycles. The van der Waals surface area contributed by atoms with E-state index in [2.05, 4.69) is 17.6 Å². The molecule has 0 spiro atoms. The van der Waals surface area contributed by atoms with Crippen molar-refractivity contribution >= 4 is 11.6 Å². The molecule has 3 nitrogen and oxygen atoms in total. The van der Waals surface area contributed by atoms with Crippen LogP contribution >= 0.6 is 0 Å². The molecule has 0 bridgehead atoms. The molecule has 3 heteroatoms. The van der Waals surface area contributed by atoms with Crippen molar-refractivity contribution in [3.05, 3.63) is 41.2 Å². The zero-order valence-corrected chi connectivity index (χ0v) is 9.63. The fourth-order valence-corrected chi connectivity index (χ4v) is 1.91. The number of hydrogen-bond donors (Lipinski definition) is 2. The monoisotopic (exact) mass is 216 g/mol. The van der Waals surface area contributed by atoms with E-state index in [9.17, 15) is 4.79 Å². The predicted molar refractivity (Wildman–Crippen MR) is 65.1 cm³/mol. The SMILES string of the molecule is CCC1=C(CC)Nc2ccccc2C(=O)N1. The molecule has 0 saturated heterocycles. The van der Waals surface area contributed by atoms with Crippen molar-refractivity contribution in [3.63, 3.8) is 0 Å². The fourth-order valence-electron chi connectivity index (χ4n) is 1.91. The highest BCUT2D eigenvalue weighted by atomic mass is 16.1. The summed E-state index contributed by atoms with van der Waals surface area (Å²) in [5, 5.41) is 6.30. The summed E-state index contributed by atoms with van der Waals surface area (Å²) in [6.45, 7) is 4.13. The van der Waals surface area contributed by atoms with E-state index in [1.54, 1.807) is 0 Å². The average molecular weight is 216 g/mol. The third kappa shape index (κ3) is 1.81. The molecule has 0 fully saturated rings. The minimum absolute atomic E-state index is 0.0246. The number of anilines is 1. The lowest BCUT2D eigenvalue weighted by Gasteiger charge is -2.11. The van der Waals surface area contributed by atoms with Gasteiger partial charge in [0.15, 0.2) is 0 Å². The van der Waals surface area contributed by atoms with E-state index >= 15 is 0 Å². The van der Waals surface area contributed by atoms with Gasteiger partial charge in [-0.25, -0.2) is 0 Å². The highest BCUT2D eigenvalue weighted by Crippen LogP contribution is 2.23. The lowest BCUT2D eigenvalue weighted by molar-refractivity contribution is 0.0966. The van der Waals surface area contributed by atoms with Crippen molar-refractivity contribution in [2.24, 2.45) is 0 Å². The number of amides is 1. The van der Waals surface area contributed by atoms with Gasteiger partial charge in [0, 0.05) is 11.4 Å². The number of hydrogen-bond acceptors (Lipinski definition) is 2. The van der Waals surface area contributed by atoms with Crippen LogP contribution in [0.15, 0.2) is 35.7 Å². The number of carbonyl (C=O) groups excluding carboxylic acids is 1. The van der Waals surface area contributed by atoms with Crippen molar-refractivity contribution in [1.82, 2.24) is 5.32 Å². The van der Waals surface area contributed by atoms with E-state index in [1.807, 2.05) is 31.2 Å². The Hall–Kier alpha value is -1.77. The van der Waals surface area contributed by atoms with Crippen molar-refractivity contribution in [1.29, 1.82) is 0 Å². The van der Waals surface area contributed by atoms with Crippen LogP contribution in [0.2, 0.25) is 0 Å². The van der Waals surface area contributed by atoms with Crippen LogP contribution in [0.3, 0.4) is 0 Å². The summed E-state index contributed by atoms with van der Waals surface area (Å²) in [5.41, 5.74) is 3.68. The molecule has 1 amide bonds. The molecule has 0 saturated carbocycles. The van der Waals surface area contributed by atoms with Crippen molar-refractivity contribution in [3.8, 4) is 0 Å². The number of carbonyl (C=O) groups is 1. The van der Waals surface area contributed by atoms with Gasteiger partial charge in [0.25, 0.3) is 5.91 Å². The quantitative estimate of drug-likeness (QED) is 0.798. The van der Waals surface area contributed by atoms with Crippen LogP contribution in [-0.2, 0) is 0 Å². The normalized spacial score (nSPS) is 15.0. The largest absolute Gasteiger partial charge is 0.357 e. The van der Waals surface area contributed by atoms with Crippen LogP contribution in [0.4, 0.5) is 5.69 Å². The van der Waals surface area contributed by atoms with Crippen LogP contribution in [0.5, 0.6) is 0 Å². The first kappa shape index (κ1) is 10.7. The summed E-state index contributed by atoms with van der Waals surface area (Å²) >= 11 is 0. The van der Waals surface area contributed by atoms with Crippen molar-refractivity contribution < 1.29 is 4.79 Å². The maximum absolute atomic E-state index is 12.0. The highest BCUT2D eigenvalue weighted by Gasteiger charge is 2.18. The van der Waals surface area contributed by atoms with Crippen molar-refractivity contribution in [2.45, 2.75) is 26.7 Å². The molecule has 1 aromatic carbocycles. The van der Waals surface area contributed by atoms with Crippen LogP contribution in [0.25, 0.3) is 0 Å². The molecular formula is C13H16N2O. The zero-order chi connectivity index (χ0) is 11.5. The van der Waals surface area contributed by atoms with Crippen LogP contribution in [-0.4, -0.2) is 5.91 Å². The Morgan fingerprint density at radius 1 is 1.00 bits per heavy atom. The second-order valence-electron chi connectivity index (χ2n) is 3.79. The van der Waals surface area contributed by atoms with Gasteiger partial charge in [0.2, 0.25) is 0 Å². The Balaban J connectivity index is 2.47. The van der Waals surface area contributed by atoms with Gasteiger partial charge in [-0.2, -0.15) is 0 Å². The number of nitrogens with one attached hydrogen (secondary N) is 2. The third-order valence-electron chi connectivity index (χ3n) is 2.79. The van der Waals surface area contributed by atoms with Gasteiger partial charge < -0.3 is 10.6 Å². The minimum Gasteiger partial charge on any atom is -0.357 e. The molecule has 1 heterocycles. The van der Waals surface area contributed by atoms with Gasteiger partial charge in [-0.05, 0) is 25.0 Å². The molecule has 1 aliphatic rings. The predicted octanol–water partition coefficient (Wildman–Crippen LogP) is 2.87. The molecule has 0 aromatic heterocycles. The Kier molecular flexibility index (Phi) is 2.95. The standard InChI is InChI=1S/C13H16N2O/c1-3-10-11(4-2)15-13(16)9-7-5-6-8-12(9)14-10/h5-8,14H,3-4H2,1-2H3,(H,15,16). The summed E-state index contributed by atoms with van der Waals surface area (Å²) in [7, 11) is 0.